The molecule has 0 bridgehead atoms. The van der Waals surface area contributed by atoms with Gasteiger partial charge < -0.3 is 5.73 Å². The zero-order valence-corrected chi connectivity index (χ0v) is 11.1. The Morgan fingerprint density at radius 3 is 2.71 bits per heavy atom. The van der Waals surface area contributed by atoms with Crippen molar-refractivity contribution in [3.8, 4) is 0 Å². The molecular formula is C15H24N2. The van der Waals surface area contributed by atoms with Crippen LogP contribution in [0, 0.1) is 0 Å². The lowest BCUT2D eigenvalue weighted by Crippen LogP contribution is -2.38. The minimum Gasteiger partial charge on any atom is -0.399 e. The Labute approximate surface area is 105 Å². The van der Waals surface area contributed by atoms with Crippen LogP contribution in [0.4, 0.5) is 5.69 Å². The molecule has 1 aromatic carbocycles. The molecule has 0 aromatic heterocycles. The van der Waals surface area contributed by atoms with Crippen LogP contribution in [0.3, 0.4) is 0 Å². The lowest BCUT2D eigenvalue weighted by atomic mass is 10.0. The van der Waals surface area contributed by atoms with Crippen molar-refractivity contribution in [2.24, 2.45) is 0 Å². The van der Waals surface area contributed by atoms with Gasteiger partial charge in [0.1, 0.15) is 0 Å². The van der Waals surface area contributed by atoms with E-state index in [1.54, 1.807) is 0 Å². The molecule has 1 heterocycles. The summed E-state index contributed by atoms with van der Waals surface area (Å²) in [5.74, 6) is 0. The van der Waals surface area contributed by atoms with E-state index in [9.17, 15) is 0 Å². The predicted octanol–water partition coefficient (Wildman–Crippen LogP) is 3.08. The maximum atomic E-state index is 5.95. The highest BCUT2D eigenvalue weighted by molar-refractivity contribution is 5.46. The van der Waals surface area contributed by atoms with Crippen LogP contribution in [0.1, 0.15) is 38.7 Å². The largest absolute Gasteiger partial charge is 0.399 e. The second kappa shape index (κ2) is 5.09. The van der Waals surface area contributed by atoms with E-state index in [2.05, 4.69) is 30.9 Å². The van der Waals surface area contributed by atoms with E-state index in [1.165, 1.54) is 37.9 Å². The SMILES string of the molecule is CC1(C)CCCN1CCCc1ccccc1N. The molecule has 1 aromatic rings. The fourth-order valence-corrected chi connectivity index (χ4v) is 2.80. The zero-order valence-electron chi connectivity index (χ0n) is 11.1. The highest BCUT2D eigenvalue weighted by Crippen LogP contribution is 2.28. The van der Waals surface area contributed by atoms with Crippen LogP contribution in [0.15, 0.2) is 24.3 Å². The average molecular weight is 232 g/mol. The van der Waals surface area contributed by atoms with E-state index in [1.807, 2.05) is 12.1 Å². The number of benzene rings is 1. The van der Waals surface area contributed by atoms with Gasteiger partial charge in [0.15, 0.2) is 0 Å². The van der Waals surface area contributed by atoms with E-state index in [-0.39, 0.29) is 0 Å². The number of aryl methyl sites for hydroxylation is 1. The molecule has 17 heavy (non-hydrogen) atoms. The molecule has 94 valence electrons. The third-order valence-electron chi connectivity index (χ3n) is 4.00. The van der Waals surface area contributed by atoms with Crippen molar-refractivity contribution in [3.63, 3.8) is 0 Å². The molecule has 0 radical (unpaired) electrons. The Hall–Kier alpha value is -1.02. The standard InChI is InChI=1S/C15H24N2/c1-15(2)10-6-12-17(15)11-5-8-13-7-3-4-9-14(13)16/h3-4,7,9H,5-6,8,10-12,16H2,1-2H3. The smallest absolute Gasteiger partial charge is 0.0346 e. The number of anilines is 1. The Morgan fingerprint density at radius 1 is 1.29 bits per heavy atom. The molecule has 2 rings (SSSR count). The zero-order chi connectivity index (χ0) is 12.3. The van der Waals surface area contributed by atoms with Crippen molar-refractivity contribution in [1.82, 2.24) is 4.90 Å². The Kier molecular flexibility index (Phi) is 3.72. The minimum absolute atomic E-state index is 0.405. The Balaban J connectivity index is 1.82. The molecular weight excluding hydrogens is 208 g/mol. The van der Waals surface area contributed by atoms with Crippen molar-refractivity contribution >= 4 is 5.69 Å². The number of hydrogen-bond acceptors (Lipinski definition) is 2. The van der Waals surface area contributed by atoms with E-state index >= 15 is 0 Å². The first-order chi connectivity index (χ1) is 8.09. The van der Waals surface area contributed by atoms with Gasteiger partial charge in [-0.3, -0.25) is 4.90 Å². The van der Waals surface area contributed by atoms with Gasteiger partial charge in [-0.05, 0) is 64.3 Å². The molecule has 2 nitrogen and oxygen atoms in total. The van der Waals surface area contributed by atoms with Crippen LogP contribution in [-0.4, -0.2) is 23.5 Å². The topological polar surface area (TPSA) is 29.3 Å². The molecule has 0 aliphatic carbocycles. The molecule has 2 N–H and O–H groups in total. The highest BCUT2D eigenvalue weighted by atomic mass is 15.2. The molecule has 0 amide bonds. The number of para-hydroxylation sites is 1. The summed E-state index contributed by atoms with van der Waals surface area (Å²) in [6.07, 6.45) is 4.98. The summed E-state index contributed by atoms with van der Waals surface area (Å²) in [4.78, 5) is 2.62. The van der Waals surface area contributed by atoms with Gasteiger partial charge in [-0.25, -0.2) is 0 Å². The first-order valence-corrected chi connectivity index (χ1v) is 6.68. The lowest BCUT2D eigenvalue weighted by molar-refractivity contribution is 0.173. The maximum Gasteiger partial charge on any atom is 0.0346 e. The number of rotatable bonds is 4. The van der Waals surface area contributed by atoms with Gasteiger partial charge in [-0.15, -0.1) is 0 Å². The van der Waals surface area contributed by atoms with Crippen molar-refractivity contribution in [2.75, 3.05) is 18.8 Å². The summed E-state index contributed by atoms with van der Waals surface area (Å²) in [7, 11) is 0. The van der Waals surface area contributed by atoms with Crippen molar-refractivity contribution in [2.45, 2.75) is 45.1 Å². The Morgan fingerprint density at radius 2 is 2.06 bits per heavy atom. The summed E-state index contributed by atoms with van der Waals surface area (Å²) in [6.45, 7) is 7.17. The third kappa shape index (κ3) is 3.01. The number of nitrogens with two attached hydrogens (primary N) is 1. The highest BCUT2D eigenvalue weighted by Gasteiger charge is 2.30. The predicted molar refractivity (Wildman–Crippen MR) is 74.1 cm³/mol. The van der Waals surface area contributed by atoms with Gasteiger partial charge in [0.2, 0.25) is 0 Å². The number of nitrogens with zero attached hydrogens (tertiary/aromatic N) is 1. The van der Waals surface area contributed by atoms with Gasteiger partial charge in [0.05, 0.1) is 0 Å². The first-order valence-electron chi connectivity index (χ1n) is 6.68. The van der Waals surface area contributed by atoms with Gasteiger partial charge in [-0.1, -0.05) is 18.2 Å². The van der Waals surface area contributed by atoms with Gasteiger partial charge >= 0.3 is 0 Å². The van der Waals surface area contributed by atoms with Crippen LogP contribution in [-0.2, 0) is 6.42 Å². The fraction of sp³-hybridized carbons (Fsp3) is 0.600. The van der Waals surface area contributed by atoms with Crippen LogP contribution in [0.2, 0.25) is 0 Å². The second-order valence-corrected chi connectivity index (χ2v) is 5.71. The molecule has 1 aliphatic rings. The molecule has 0 saturated carbocycles. The summed E-state index contributed by atoms with van der Waals surface area (Å²) in [5, 5.41) is 0. The Bertz CT molecular complexity index is 371. The number of nitrogen functional groups attached to an aromatic ring is 1. The van der Waals surface area contributed by atoms with E-state index < -0.39 is 0 Å². The molecule has 0 spiro atoms. The molecule has 1 aliphatic heterocycles. The van der Waals surface area contributed by atoms with E-state index in [0.717, 1.165) is 12.1 Å². The second-order valence-electron chi connectivity index (χ2n) is 5.71. The van der Waals surface area contributed by atoms with Crippen molar-refractivity contribution in [3.05, 3.63) is 29.8 Å². The molecule has 1 fully saturated rings. The third-order valence-corrected chi connectivity index (χ3v) is 4.00. The van der Waals surface area contributed by atoms with Gasteiger partial charge in [0.25, 0.3) is 0 Å². The molecule has 0 atom stereocenters. The molecule has 2 heteroatoms. The van der Waals surface area contributed by atoms with Crippen molar-refractivity contribution < 1.29 is 0 Å². The fourth-order valence-electron chi connectivity index (χ4n) is 2.80. The number of hydrogen-bond donors (Lipinski definition) is 1. The normalized spacial score (nSPS) is 19.6. The quantitative estimate of drug-likeness (QED) is 0.808. The van der Waals surface area contributed by atoms with E-state index in [0.29, 0.717) is 5.54 Å². The summed E-state index contributed by atoms with van der Waals surface area (Å²) in [5.41, 5.74) is 8.59. The summed E-state index contributed by atoms with van der Waals surface area (Å²) < 4.78 is 0. The number of likely N-dealkylation sites (tertiary alicyclic amines) is 1. The van der Waals surface area contributed by atoms with Crippen LogP contribution in [0.25, 0.3) is 0 Å². The van der Waals surface area contributed by atoms with Crippen LogP contribution >= 0.6 is 0 Å². The lowest BCUT2D eigenvalue weighted by Gasteiger charge is -2.31. The van der Waals surface area contributed by atoms with Crippen LogP contribution < -0.4 is 5.73 Å². The van der Waals surface area contributed by atoms with Gasteiger partial charge in [0, 0.05) is 11.2 Å². The maximum absolute atomic E-state index is 5.95. The summed E-state index contributed by atoms with van der Waals surface area (Å²) in [6, 6.07) is 8.22. The van der Waals surface area contributed by atoms with Gasteiger partial charge in [-0.2, -0.15) is 0 Å². The monoisotopic (exact) mass is 232 g/mol. The average Bonchev–Trinajstić information content (AvgIpc) is 2.61. The minimum atomic E-state index is 0.405. The van der Waals surface area contributed by atoms with E-state index in [4.69, 9.17) is 5.73 Å². The molecule has 0 unspecified atom stereocenters. The molecule has 1 saturated heterocycles. The van der Waals surface area contributed by atoms with Crippen LogP contribution in [0.5, 0.6) is 0 Å². The summed E-state index contributed by atoms with van der Waals surface area (Å²) >= 11 is 0. The van der Waals surface area contributed by atoms with Crippen molar-refractivity contribution in [1.29, 1.82) is 0 Å². The first kappa shape index (κ1) is 12.4.